The van der Waals surface area contributed by atoms with Gasteiger partial charge in [-0.05, 0) is 67.3 Å². The highest BCUT2D eigenvalue weighted by Crippen LogP contribution is 2.38. The van der Waals surface area contributed by atoms with E-state index in [1.165, 1.54) is 13.3 Å². The summed E-state index contributed by atoms with van der Waals surface area (Å²) < 4.78 is 0. The molecule has 32 heavy (non-hydrogen) atoms. The zero-order chi connectivity index (χ0) is 23.3. The first-order valence-electron chi connectivity index (χ1n) is 11.3. The second kappa shape index (κ2) is 10.4. The molecule has 0 saturated heterocycles. The molecule has 2 aromatic carbocycles. The highest BCUT2D eigenvalue weighted by atomic mass is 16.2. The van der Waals surface area contributed by atoms with Crippen molar-refractivity contribution < 1.29 is 14.4 Å². The number of carbonyl (C=O) groups is 3. The molecular weight excluding hydrogens is 402 g/mol. The molecule has 1 saturated carbocycles. The second-order valence-corrected chi connectivity index (χ2v) is 8.95. The van der Waals surface area contributed by atoms with Crippen LogP contribution >= 0.6 is 0 Å². The van der Waals surface area contributed by atoms with E-state index in [-0.39, 0.29) is 11.9 Å². The van der Waals surface area contributed by atoms with E-state index in [1.807, 2.05) is 31.2 Å². The lowest BCUT2D eigenvalue weighted by Crippen LogP contribution is -2.41. The van der Waals surface area contributed by atoms with E-state index in [1.54, 1.807) is 25.1 Å². The van der Waals surface area contributed by atoms with E-state index in [9.17, 15) is 14.4 Å². The van der Waals surface area contributed by atoms with Crippen LogP contribution in [0.5, 0.6) is 0 Å². The lowest BCUT2D eigenvalue weighted by molar-refractivity contribution is -0.137. The third-order valence-electron chi connectivity index (χ3n) is 6.36. The van der Waals surface area contributed by atoms with Crippen molar-refractivity contribution in [2.75, 3.05) is 10.6 Å². The van der Waals surface area contributed by atoms with Crippen LogP contribution in [0.25, 0.3) is 0 Å². The number of hydrogen-bond acceptors (Lipinski definition) is 3. The fourth-order valence-corrected chi connectivity index (χ4v) is 4.65. The minimum Gasteiger partial charge on any atom is -0.341 e. The first-order chi connectivity index (χ1) is 15.3. The van der Waals surface area contributed by atoms with Crippen molar-refractivity contribution in [1.29, 1.82) is 0 Å². The quantitative estimate of drug-likeness (QED) is 0.585. The summed E-state index contributed by atoms with van der Waals surface area (Å²) in [5, 5.41) is 8.47. The molecule has 3 rings (SSSR count). The van der Waals surface area contributed by atoms with Gasteiger partial charge >= 0.3 is 11.8 Å². The Bertz CT molecular complexity index is 1000. The minimum absolute atomic E-state index is 0.197. The van der Waals surface area contributed by atoms with E-state index in [0.717, 1.165) is 30.4 Å². The predicted molar refractivity (Wildman–Crippen MR) is 127 cm³/mol. The Kier molecular flexibility index (Phi) is 7.67. The van der Waals surface area contributed by atoms with Crippen molar-refractivity contribution in [3.63, 3.8) is 0 Å². The summed E-state index contributed by atoms with van der Waals surface area (Å²) in [7, 11) is 0. The summed E-state index contributed by atoms with van der Waals surface area (Å²) in [4.78, 5) is 37.1. The monoisotopic (exact) mass is 435 g/mol. The van der Waals surface area contributed by atoms with Gasteiger partial charge in [-0.2, -0.15) is 0 Å². The number of amides is 3. The van der Waals surface area contributed by atoms with Crippen LogP contribution in [0, 0.1) is 25.7 Å². The Morgan fingerprint density at radius 3 is 2.25 bits per heavy atom. The van der Waals surface area contributed by atoms with Crippen LogP contribution in [0.15, 0.2) is 42.5 Å². The molecule has 0 spiro atoms. The largest absolute Gasteiger partial charge is 0.341 e. The SMILES string of the molecule is CC(=O)Nc1cccc(NC(=O)C(=O)N[C@H](c2ccccc2C)[C@@H]2CCC[C@H](C)C2)c1C. The number of nitrogens with one attached hydrogen (secondary N) is 3. The number of carbonyl (C=O) groups excluding carboxylic acids is 3. The fraction of sp³-hybridized carbons (Fsp3) is 0.423. The summed E-state index contributed by atoms with van der Waals surface area (Å²) in [5.41, 5.74) is 3.96. The van der Waals surface area contributed by atoms with Crippen molar-refractivity contribution in [3.05, 3.63) is 59.2 Å². The third-order valence-corrected chi connectivity index (χ3v) is 6.36. The van der Waals surface area contributed by atoms with Crippen molar-refractivity contribution in [2.24, 2.45) is 11.8 Å². The van der Waals surface area contributed by atoms with E-state index >= 15 is 0 Å². The van der Waals surface area contributed by atoms with Crippen LogP contribution in [0.3, 0.4) is 0 Å². The number of benzene rings is 2. The van der Waals surface area contributed by atoms with Crippen molar-refractivity contribution in [2.45, 2.75) is 59.4 Å². The van der Waals surface area contributed by atoms with E-state index in [0.29, 0.717) is 28.8 Å². The predicted octanol–water partition coefficient (Wildman–Crippen LogP) is 4.88. The van der Waals surface area contributed by atoms with Gasteiger partial charge in [-0.3, -0.25) is 14.4 Å². The molecule has 0 bridgehead atoms. The molecule has 0 aliphatic heterocycles. The maximum absolute atomic E-state index is 12.9. The molecule has 2 aromatic rings. The maximum atomic E-state index is 12.9. The molecular formula is C26H33N3O3. The Morgan fingerprint density at radius 1 is 0.906 bits per heavy atom. The van der Waals surface area contributed by atoms with Crippen LogP contribution < -0.4 is 16.0 Å². The van der Waals surface area contributed by atoms with Crippen LogP contribution in [0.4, 0.5) is 11.4 Å². The highest BCUT2D eigenvalue weighted by molar-refractivity contribution is 6.39. The molecule has 0 unspecified atom stereocenters. The number of aryl methyl sites for hydroxylation is 1. The molecule has 6 heteroatoms. The van der Waals surface area contributed by atoms with Gasteiger partial charge in [0.1, 0.15) is 0 Å². The molecule has 3 atom stereocenters. The fourth-order valence-electron chi connectivity index (χ4n) is 4.65. The van der Waals surface area contributed by atoms with Gasteiger partial charge in [-0.1, -0.05) is 50.1 Å². The van der Waals surface area contributed by atoms with Gasteiger partial charge in [0.05, 0.1) is 6.04 Å². The summed E-state index contributed by atoms with van der Waals surface area (Å²) in [5.74, 6) is -0.667. The third kappa shape index (κ3) is 5.75. The summed E-state index contributed by atoms with van der Waals surface area (Å²) in [6.45, 7) is 7.51. The van der Waals surface area contributed by atoms with Gasteiger partial charge in [-0.15, -0.1) is 0 Å². The molecule has 1 aliphatic rings. The van der Waals surface area contributed by atoms with Gasteiger partial charge in [0, 0.05) is 18.3 Å². The molecule has 170 valence electrons. The molecule has 3 N–H and O–H groups in total. The summed E-state index contributed by atoms with van der Waals surface area (Å²) in [6, 6.07) is 13.0. The number of anilines is 2. The van der Waals surface area contributed by atoms with Crippen molar-refractivity contribution in [3.8, 4) is 0 Å². The molecule has 1 fully saturated rings. The van der Waals surface area contributed by atoms with Gasteiger partial charge in [0.2, 0.25) is 5.91 Å². The van der Waals surface area contributed by atoms with E-state index in [2.05, 4.69) is 22.9 Å². The molecule has 3 amide bonds. The standard InChI is InChI=1S/C26H33N3O3/c1-16-9-7-11-20(15-16)24(21-12-6-5-10-17(21)2)29-26(32)25(31)28-23-14-8-13-22(18(23)3)27-19(4)30/h5-6,8,10,12-14,16,20,24H,7,9,11,15H2,1-4H3,(H,27,30)(H,28,31)(H,29,32)/t16-,20+,24-/m0/s1. The number of hydrogen-bond donors (Lipinski definition) is 3. The highest BCUT2D eigenvalue weighted by Gasteiger charge is 2.31. The van der Waals surface area contributed by atoms with E-state index < -0.39 is 11.8 Å². The van der Waals surface area contributed by atoms with Crippen LogP contribution in [-0.2, 0) is 14.4 Å². The molecule has 0 radical (unpaired) electrons. The molecule has 1 aliphatic carbocycles. The minimum atomic E-state index is -0.712. The topological polar surface area (TPSA) is 87.3 Å². The average molecular weight is 436 g/mol. The van der Waals surface area contributed by atoms with Gasteiger partial charge in [0.15, 0.2) is 0 Å². The Balaban J connectivity index is 1.78. The lowest BCUT2D eigenvalue weighted by atomic mass is 9.76. The van der Waals surface area contributed by atoms with Crippen LogP contribution in [0.1, 0.15) is 62.3 Å². The lowest BCUT2D eigenvalue weighted by Gasteiger charge is -2.34. The van der Waals surface area contributed by atoms with Gasteiger partial charge in [0.25, 0.3) is 0 Å². The zero-order valence-corrected chi connectivity index (χ0v) is 19.3. The van der Waals surface area contributed by atoms with Gasteiger partial charge in [-0.25, -0.2) is 0 Å². The van der Waals surface area contributed by atoms with E-state index in [4.69, 9.17) is 0 Å². The number of rotatable bonds is 5. The average Bonchev–Trinajstić information content (AvgIpc) is 2.75. The Hall–Kier alpha value is -3.15. The smallest absolute Gasteiger partial charge is 0.313 e. The normalized spacial score (nSPS) is 19.0. The van der Waals surface area contributed by atoms with Crippen molar-refractivity contribution >= 4 is 29.1 Å². The van der Waals surface area contributed by atoms with Crippen LogP contribution in [0.2, 0.25) is 0 Å². The second-order valence-electron chi connectivity index (χ2n) is 8.95. The Labute approximate surface area is 190 Å². The first-order valence-corrected chi connectivity index (χ1v) is 11.3. The molecule has 0 aromatic heterocycles. The summed E-state index contributed by atoms with van der Waals surface area (Å²) in [6.07, 6.45) is 4.39. The summed E-state index contributed by atoms with van der Waals surface area (Å²) >= 11 is 0. The first kappa shape index (κ1) is 23.5. The maximum Gasteiger partial charge on any atom is 0.313 e. The zero-order valence-electron chi connectivity index (χ0n) is 19.3. The van der Waals surface area contributed by atoms with Gasteiger partial charge < -0.3 is 16.0 Å². The molecule has 6 nitrogen and oxygen atoms in total. The van der Waals surface area contributed by atoms with Crippen molar-refractivity contribution in [1.82, 2.24) is 5.32 Å². The Morgan fingerprint density at radius 2 is 1.59 bits per heavy atom. The van der Waals surface area contributed by atoms with Crippen LogP contribution in [-0.4, -0.2) is 17.7 Å². The molecule has 0 heterocycles.